The molecule has 0 aliphatic carbocycles. The molecule has 8 nitrogen and oxygen atoms in total. The van der Waals surface area contributed by atoms with Crippen LogP contribution in [-0.4, -0.2) is 58.7 Å². The van der Waals surface area contributed by atoms with E-state index < -0.39 is 0 Å². The third kappa shape index (κ3) is 3.60. The lowest BCUT2D eigenvalue weighted by atomic mass is 10.0. The number of amides is 1. The van der Waals surface area contributed by atoms with Gasteiger partial charge < -0.3 is 9.80 Å². The molecule has 0 spiro atoms. The lowest BCUT2D eigenvalue weighted by Crippen LogP contribution is -2.42. The van der Waals surface area contributed by atoms with Gasteiger partial charge in [0.05, 0.1) is 23.3 Å². The molecule has 2 aromatic carbocycles. The van der Waals surface area contributed by atoms with Crippen LogP contribution in [0, 0.1) is 6.92 Å². The Morgan fingerprint density at radius 1 is 1.09 bits per heavy atom. The first-order chi connectivity index (χ1) is 16.2. The molecule has 1 amide bonds. The van der Waals surface area contributed by atoms with Gasteiger partial charge in [0.25, 0.3) is 5.91 Å². The molecule has 1 aromatic heterocycles. The summed E-state index contributed by atoms with van der Waals surface area (Å²) in [6, 6.07) is 14.6. The number of nitrogens with zero attached hydrogens (tertiary/aromatic N) is 6. The molecular weight excluding hydrogens is 414 g/mol. The van der Waals surface area contributed by atoms with Crippen LogP contribution in [0.1, 0.15) is 35.2 Å². The van der Waals surface area contributed by atoms with E-state index in [2.05, 4.69) is 15.4 Å². The lowest BCUT2D eigenvalue weighted by Gasteiger charge is -2.29. The first-order valence-electron chi connectivity index (χ1n) is 11.6. The number of anilines is 2. The highest BCUT2D eigenvalue weighted by Crippen LogP contribution is 2.35. The largest absolute Gasteiger partial charge is 0.336 e. The standard InChI is InChI=1S/C25H27N7O/c1-17-6-9-23(32-27-11-12-28-32)21(14-17)24(33)30-13-10-19-7-8-20(16-30)31(19)25-26-15-18-4-2-3-5-22(18)29-25/h2-6,9,11,14-15,19-20,28H,7-8,10,12-13,16H2,1H3. The van der Waals surface area contributed by atoms with Crippen LogP contribution < -0.4 is 15.4 Å². The van der Waals surface area contributed by atoms with Gasteiger partial charge in [-0.3, -0.25) is 4.79 Å². The van der Waals surface area contributed by atoms with Gasteiger partial charge >= 0.3 is 0 Å². The first kappa shape index (κ1) is 20.1. The van der Waals surface area contributed by atoms with E-state index in [-0.39, 0.29) is 11.9 Å². The number of likely N-dealkylation sites (tertiary alicyclic amines) is 1. The fourth-order valence-corrected chi connectivity index (χ4v) is 5.29. The molecule has 3 aliphatic heterocycles. The van der Waals surface area contributed by atoms with E-state index in [0.29, 0.717) is 24.7 Å². The van der Waals surface area contributed by atoms with Gasteiger partial charge in [-0.25, -0.2) is 15.4 Å². The maximum Gasteiger partial charge on any atom is 0.256 e. The third-order valence-corrected chi connectivity index (χ3v) is 6.92. The molecule has 2 bridgehead atoms. The minimum absolute atomic E-state index is 0.0597. The Balaban J connectivity index is 1.29. The van der Waals surface area contributed by atoms with Crippen LogP contribution in [0.25, 0.3) is 10.9 Å². The zero-order chi connectivity index (χ0) is 22.4. The van der Waals surface area contributed by atoms with Crippen molar-refractivity contribution in [2.24, 2.45) is 5.10 Å². The summed E-state index contributed by atoms with van der Waals surface area (Å²) in [4.78, 5) is 27.7. The SMILES string of the molecule is Cc1ccc(N2N=CCN2)c(C(=O)N2CCC3CCC(C2)N3c2ncc3ccccc3n2)c1. The monoisotopic (exact) mass is 441 g/mol. The Kier molecular flexibility index (Phi) is 4.95. The van der Waals surface area contributed by atoms with Gasteiger partial charge in [-0.05, 0) is 44.4 Å². The molecule has 0 radical (unpaired) electrons. The average molecular weight is 442 g/mol. The molecule has 2 unspecified atom stereocenters. The van der Waals surface area contributed by atoms with Crippen molar-refractivity contribution in [3.8, 4) is 0 Å². The van der Waals surface area contributed by atoms with Crippen LogP contribution in [0.2, 0.25) is 0 Å². The highest BCUT2D eigenvalue weighted by Gasteiger charge is 2.40. The number of hydrogen-bond donors (Lipinski definition) is 1. The molecule has 33 heavy (non-hydrogen) atoms. The van der Waals surface area contributed by atoms with Crippen molar-refractivity contribution in [2.45, 2.75) is 38.3 Å². The molecule has 0 saturated carbocycles. The van der Waals surface area contributed by atoms with Crippen molar-refractivity contribution in [3.05, 3.63) is 59.8 Å². The van der Waals surface area contributed by atoms with Crippen molar-refractivity contribution in [2.75, 3.05) is 29.7 Å². The van der Waals surface area contributed by atoms with Crippen molar-refractivity contribution in [1.29, 1.82) is 0 Å². The van der Waals surface area contributed by atoms with Crippen LogP contribution in [0.4, 0.5) is 11.6 Å². The number of carbonyl (C=O) groups is 1. The van der Waals surface area contributed by atoms with Gasteiger partial charge in [-0.2, -0.15) is 10.2 Å². The summed E-state index contributed by atoms with van der Waals surface area (Å²) in [5, 5.41) is 7.11. The molecule has 3 aromatic rings. The lowest BCUT2D eigenvalue weighted by molar-refractivity contribution is 0.0749. The molecule has 1 N–H and O–H groups in total. The smallest absolute Gasteiger partial charge is 0.256 e. The Morgan fingerprint density at radius 3 is 2.85 bits per heavy atom. The van der Waals surface area contributed by atoms with E-state index in [1.165, 1.54) is 0 Å². The summed E-state index contributed by atoms with van der Waals surface area (Å²) in [5.74, 6) is 0.840. The summed E-state index contributed by atoms with van der Waals surface area (Å²) in [7, 11) is 0. The summed E-state index contributed by atoms with van der Waals surface area (Å²) < 4.78 is 0. The maximum absolute atomic E-state index is 13.7. The number of aryl methyl sites for hydroxylation is 1. The normalized spacial score (nSPS) is 22.3. The summed E-state index contributed by atoms with van der Waals surface area (Å²) >= 11 is 0. The van der Waals surface area contributed by atoms with Crippen LogP contribution in [0.15, 0.2) is 53.8 Å². The molecule has 168 valence electrons. The van der Waals surface area contributed by atoms with E-state index in [1.807, 2.05) is 60.5 Å². The Labute approximate surface area is 192 Å². The Hall–Kier alpha value is -3.52. The maximum atomic E-state index is 13.7. The molecule has 2 fully saturated rings. The van der Waals surface area contributed by atoms with E-state index in [9.17, 15) is 4.79 Å². The van der Waals surface area contributed by atoms with Gasteiger partial charge in [-0.1, -0.05) is 29.8 Å². The van der Waals surface area contributed by atoms with Gasteiger partial charge in [0.2, 0.25) is 5.95 Å². The highest BCUT2D eigenvalue weighted by atomic mass is 16.2. The van der Waals surface area contributed by atoms with Crippen molar-refractivity contribution < 1.29 is 4.79 Å². The van der Waals surface area contributed by atoms with E-state index in [0.717, 1.165) is 53.9 Å². The fourth-order valence-electron chi connectivity index (χ4n) is 5.29. The fraction of sp³-hybridized carbons (Fsp3) is 0.360. The van der Waals surface area contributed by atoms with Crippen LogP contribution in [0.3, 0.4) is 0 Å². The predicted molar refractivity (Wildman–Crippen MR) is 130 cm³/mol. The minimum atomic E-state index is 0.0597. The van der Waals surface area contributed by atoms with Crippen LogP contribution >= 0.6 is 0 Å². The van der Waals surface area contributed by atoms with Crippen molar-refractivity contribution in [1.82, 2.24) is 20.3 Å². The van der Waals surface area contributed by atoms with Crippen molar-refractivity contribution >= 4 is 34.7 Å². The van der Waals surface area contributed by atoms with Gasteiger partial charge in [0.1, 0.15) is 0 Å². The van der Waals surface area contributed by atoms with Crippen molar-refractivity contribution in [3.63, 3.8) is 0 Å². The number of para-hydroxylation sites is 1. The second-order valence-electron chi connectivity index (χ2n) is 9.05. The summed E-state index contributed by atoms with van der Waals surface area (Å²) in [6.45, 7) is 4.09. The van der Waals surface area contributed by atoms with E-state index >= 15 is 0 Å². The predicted octanol–water partition coefficient (Wildman–Crippen LogP) is 3.13. The zero-order valence-corrected chi connectivity index (χ0v) is 18.7. The second-order valence-corrected chi connectivity index (χ2v) is 9.05. The number of fused-ring (bicyclic) bond motifs is 3. The molecule has 2 saturated heterocycles. The molecule has 8 heteroatoms. The van der Waals surface area contributed by atoms with Gasteiger partial charge in [0, 0.05) is 43.0 Å². The van der Waals surface area contributed by atoms with Gasteiger partial charge in [0.15, 0.2) is 0 Å². The number of nitrogens with one attached hydrogen (secondary N) is 1. The molecular formula is C25H27N7O. The first-order valence-corrected chi connectivity index (χ1v) is 11.6. The third-order valence-electron chi connectivity index (χ3n) is 6.92. The zero-order valence-electron chi connectivity index (χ0n) is 18.7. The quantitative estimate of drug-likeness (QED) is 0.673. The molecule has 2 atom stereocenters. The van der Waals surface area contributed by atoms with Crippen LogP contribution in [-0.2, 0) is 0 Å². The summed E-state index contributed by atoms with van der Waals surface area (Å²) in [6.07, 6.45) is 6.79. The number of hydrazine groups is 1. The van der Waals surface area contributed by atoms with Gasteiger partial charge in [-0.15, -0.1) is 0 Å². The average Bonchev–Trinajstić information content (AvgIpc) is 3.46. The van der Waals surface area contributed by atoms with Crippen LogP contribution in [0.5, 0.6) is 0 Å². The number of carbonyl (C=O) groups excluding carboxylic acids is 1. The number of rotatable bonds is 3. The topological polar surface area (TPSA) is 77.0 Å². The molecule has 4 heterocycles. The summed E-state index contributed by atoms with van der Waals surface area (Å²) in [5.41, 5.74) is 6.69. The highest BCUT2D eigenvalue weighted by molar-refractivity contribution is 6.00. The Morgan fingerprint density at radius 2 is 1.97 bits per heavy atom. The van der Waals surface area contributed by atoms with E-state index in [1.54, 1.807) is 11.3 Å². The number of hydrazone groups is 1. The Bertz CT molecular complexity index is 1240. The van der Waals surface area contributed by atoms with E-state index in [4.69, 9.17) is 9.97 Å². The second kappa shape index (κ2) is 8.12. The minimum Gasteiger partial charge on any atom is -0.336 e. The number of benzene rings is 2. The number of aromatic nitrogens is 2. The molecule has 6 rings (SSSR count). The number of hydrogen-bond acceptors (Lipinski definition) is 7. The molecule has 3 aliphatic rings.